The zero-order valence-electron chi connectivity index (χ0n) is 15.9. The highest BCUT2D eigenvalue weighted by Gasteiger charge is 2.07. The van der Waals surface area contributed by atoms with E-state index in [1.165, 1.54) is 5.56 Å². The summed E-state index contributed by atoms with van der Waals surface area (Å²) in [5.41, 5.74) is 3.37. The van der Waals surface area contributed by atoms with Crippen molar-refractivity contribution in [1.82, 2.24) is 10.6 Å². The van der Waals surface area contributed by atoms with Gasteiger partial charge in [-0.25, -0.2) is 0 Å². The highest BCUT2D eigenvalue weighted by atomic mass is 32.1. The van der Waals surface area contributed by atoms with Crippen molar-refractivity contribution in [2.75, 3.05) is 7.11 Å². The minimum atomic E-state index is 0.502. The van der Waals surface area contributed by atoms with Gasteiger partial charge in [0.25, 0.3) is 0 Å². The summed E-state index contributed by atoms with van der Waals surface area (Å²) in [6.07, 6.45) is 0. The van der Waals surface area contributed by atoms with Crippen LogP contribution in [0.15, 0.2) is 78.9 Å². The number of hydrogen-bond acceptors (Lipinski definition) is 3. The first-order chi connectivity index (χ1) is 13.7. The molecule has 0 aliphatic carbocycles. The fraction of sp³-hybridized carbons (Fsp3) is 0.174. The maximum atomic E-state index is 5.90. The Morgan fingerprint density at radius 2 is 1.36 bits per heavy atom. The van der Waals surface area contributed by atoms with Gasteiger partial charge in [0.15, 0.2) is 16.6 Å². The van der Waals surface area contributed by atoms with E-state index < -0.39 is 0 Å². The van der Waals surface area contributed by atoms with Crippen molar-refractivity contribution >= 4 is 17.3 Å². The third-order valence-corrected chi connectivity index (χ3v) is 4.50. The van der Waals surface area contributed by atoms with Crippen molar-refractivity contribution in [2.45, 2.75) is 19.7 Å². The standard InChI is InChI=1S/C23H24N2O2S/c1-26-22-14-20(12-13-21(22)27-17-19-10-6-3-7-11-19)16-25-23(28)24-15-18-8-4-2-5-9-18/h2-14H,15-17H2,1H3,(H2,24,25,28). The molecule has 28 heavy (non-hydrogen) atoms. The van der Waals surface area contributed by atoms with Crippen LogP contribution < -0.4 is 20.1 Å². The molecule has 144 valence electrons. The van der Waals surface area contributed by atoms with E-state index in [0.29, 0.717) is 30.6 Å². The van der Waals surface area contributed by atoms with Gasteiger partial charge in [-0.1, -0.05) is 66.7 Å². The normalized spacial score (nSPS) is 10.2. The fourth-order valence-corrected chi connectivity index (χ4v) is 2.84. The van der Waals surface area contributed by atoms with Crippen LogP contribution in [0.5, 0.6) is 11.5 Å². The van der Waals surface area contributed by atoms with Gasteiger partial charge in [0.2, 0.25) is 0 Å². The lowest BCUT2D eigenvalue weighted by atomic mass is 10.2. The number of hydrogen-bond donors (Lipinski definition) is 2. The maximum Gasteiger partial charge on any atom is 0.166 e. The Bertz CT molecular complexity index is 886. The molecule has 0 bridgehead atoms. The summed E-state index contributed by atoms with van der Waals surface area (Å²) in [5, 5.41) is 7.05. The van der Waals surface area contributed by atoms with Gasteiger partial charge in [-0.15, -0.1) is 0 Å². The number of rotatable bonds is 8. The predicted molar refractivity (Wildman–Crippen MR) is 116 cm³/mol. The van der Waals surface area contributed by atoms with Gasteiger partial charge < -0.3 is 20.1 Å². The molecular weight excluding hydrogens is 368 g/mol. The summed E-state index contributed by atoms with van der Waals surface area (Å²) in [6.45, 7) is 1.81. The number of methoxy groups -OCH3 is 1. The Kier molecular flexibility index (Phi) is 7.27. The molecule has 0 unspecified atom stereocenters. The van der Waals surface area contributed by atoms with E-state index in [2.05, 4.69) is 22.8 Å². The van der Waals surface area contributed by atoms with Crippen molar-refractivity contribution in [3.8, 4) is 11.5 Å². The summed E-state index contributed by atoms with van der Waals surface area (Å²) in [6, 6.07) is 26.1. The van der Waals surface area contributed by atoms with Crippen LogP contribution in [0.1, 0.15) is 16.7 Å². The summed E-state index contributed by atoms with van der Waals surface area (Å²) in [4.78, 5) is 0. The molecule has 5 heteroatoms. The molecule has 3 rings (SSSR count). The van der Waals surface area contributed by atoms with Gasteiger partial charge in [-0.3, -0.25) is 0 Å². The van der Waals surface area contributed by atoms with Crippen LogP contribution >= 0.6 is 12.2 Å². The number of benzene rings is 3. The van der Waals surface area contributed by atoms with E-state index in [-0.39, 0.29) is 0 Å². The second-order valence-corrected chi connectivity index (χ2v) is 6.69. The van der Waals surface area contributed by atoms with Gasteiger partial charge in [0.05, 0.1) is 7.11 Å². The van der Waals surface area contributed by atoms with E-state index in [1.807, 2.05) is 66.7 Å². The highest BCUT2D eigenvalue weighted by molar-refractivity contribution is 7.80. The molecule has 3 aromatic carbocycles. The molecule has 0 aromatic heterocycles. The van der Waals surface area contributed by atoms with Gasteiger partial charge in [-0.05, 0) is 41.0 Å². The third kappa shape index (κ3) is 5.99. The smallest absolute Gasteiger partial charge is 0.166 e. The van der Waals surface area contributed by atoms with Crippen LogP contribution in [-0.4, -0.2) is 12.2 Å². The van der Waals surface area contributed by atoms with E-state index in [0.717, 1.165) is 16.9 Å². The second-order valence-electron chi connectivity index (χ2n) is 6.28. The van der Waals surface area contributed by atoms with Crippen LogP contribution in [0.25, 0.3) is 0 Å². The molecule has 0 amide bonds. The lowest BCUT2D eigenvalue weighted by Gasteiger charge is -2.14. The summed E-state index contributed by atoms with van der Waals surface area (Å²) in [5.74, 6) is 1.43. The molecule has 3 aromatic rings. The zero-order valence-corrected chi connectivity index (χ0v) is 16.7. The average molecular weight is 393 g/mol. The first kappa shape index (κ1) is 19.7. The summed E-state index contributed by atoms with van der Waals surface area (Å²) >= 11 is 5.36. The molecule has 0 spiro atoms. The molecule has 0 atom stereocenters. The van der Waals surface area contributed by atoms with Crippen molar-refractivity contribution < 1.29 is 9.47 Å². The van der Waals surface area contributed by atoms with Crippen molar-refractivity contribution in [1.29, 1.82) is 0 Å². The zero-order chi connectivity index (χ0) is 19.6. The molecule has 0 radical (unpaired) electrons. The molecule has 4 nitrogen and oxygen atoms in total. The monoisotopic (exact) mass is 392 g/mol. The van der Waals surface area contributed by atoms with Crippen molar-refractivity contribution in [3.63, 3.8) is 0 Å². The number of ether oxygens (including phenoxy) is 2. The molecule has 0 aliphatic rings. The Hall–Kier alpha value is -3.05. The Labute approximate surface area is 171 Å². The van der Waals surface area contributed by atoms with E-state index in [9.17, 15) is 0 Å². The molecular formula is C23H24N2O2S. The molecule has 2 N–H and O–H groups in total. The Morgan fingerprint density at radius 1 is 0.750 bits per heavy atom. The highest BCUT2D eigenvalue weighted by Crippen LogP contribution is 2.28. The van der Waals surface area contributed by atoms with Crippen LogP contribution in [0.3, 0.4) is 0 Å². The lowest BCUT2D eigenvalue weighted by Crippen LogP contribution is -2.34. The minimum absolute atomic E-state index is 0.502. The molecule has 0 fully saturated rings. The van der Waals surface area contributed by atoms with Crippen molar-refractivity contribution in [3.05, 3.63) is 95.6 Å². The number of thiocarbonyl (C=S) groups is 1. The number of nitrogens with one attached hydrogen (secondary N) is 2. The first-order valence-corrected chi connectivity index (χ1v) is 9.54. The predicted octanol–water partition coefficient (Wildman–Crippen LogP) is 4.44. The van der Waals surface area contributed by atoms with E-state index in [4.69, 9.17) is 21.7 Å². The summed E-state index contributed by atoms with van der Waals surface area (Å²) in [7, 11) is 1.65. The van der Waals surface area contributed by atoms with Crippen LogP contribution in [0.4, 0.5) is 0 Å². The molecule has 0 heterocycles. The summed E-state index contributed by atoms with van der Waals surface area (Å²) < 4.78 is 11.4. The van der Waals surface area contributed by atoms with Gasteiger partial charge in [-0.2, -0.15) is 0 Å². The van der Waals surface area contributed by atoms with Crippen LogP contribution in [0.2, 0.25) is 0 Å². The van der Waals surface area contributed by atoms with E-state index >= 15 is 0 Å². The Balaban J connectivity index is 1.50. The maximum absolute atomic E-state index is 5.90. The molecule has 0 saturated carbocycles. The van der Waals surface area contributed by atoms with E-state index in [1.54, 1.807) is 7.11 Å². The SMILES string of the molecule is COc1cc(CNC(=S)NCc2ccccc2)ccc1OCc1ccccc1. The largest absolute Gasteiger partial charge is 0.493 e. The van der Waals surface area contributed by atoms with Crippen LogP contribution in [0, 0.1) is 0 Å². The average Bonchev–Trinajstić information content (AvgIpc) is 2.76. The molecule has 0 saturated heterocycles. The lowest BCUT2D eigenvalue weighted by molar-refractivity contribution is 0.284. The van der Waals surface area contributed by atoms with Gasteiger partial charge in [0.1, 0.15) is 6.61 Å². The topological polar surface area (TPSA) is 42.5 Å². The third-order valence-electron chi connectivity index (χ3n) is 4.21. The molecule has 0 aliphatic heterocycles. The minimum Gasteiger partial charge on any atom is -0.493 e. The fourth-order valence-electron chi connectivity index (χ4n) is 2.70. The van der Waals surface area contributed by atoms with Gasteiger partial charge in [0, 0.05) is 13.1 Å². The first-order valence-electron chi connectivity index (χ1n) is 9.14. The second kappa shape index (κ2) is 10.3. The van der Waals surface area contributed by atoms with Gasteiger partial charge >= 0.3 is 0 Å². The Morgan fingerprint density at radius 3 is 2.00 bits per heavy atom. The van der Waals surface area contributed by atoms with Crippen LogP contribution in [-0.2, 0) is 19.7 Å². The quantitative estimate of drug-likeness (QED) is 0.555. The van der Waals surface area contributed by atoms with Crippen molar-refractivity contribution in [2.24, 2.45) is 0 Å².